The van der Waals surface area contributed by atoms with Gasteiger partial charge < -0.3 is 20.1 Å². The number of carbonyl (C=O) groups excluding carboxylic acids is 2. The first-order chi connectivity index (χ1) is 17.0. The third-order valence-corrected chi connectivity index (χ3v) is 7.90. The maximum absolute atomic E-state index is 13.2. The van der Waals surface area contributed by atoms with Crippen LogP contribution in [-0.2, 0) is 14.3 Å². The molecule has 35 heavy (non-hydrogen) atoms. The van der Waals surface area contributed by atoms with Crippen molar-refractivity contribution in [2.45, 2.75) is 50.5 Å². The summed E-state index contributed by atoms with van der Waals surface area (Å²) >= 11 is 0. The van der Waals surface area contributed by atoms with Crippen LogP contribution in [0.1, 0.15) is 55.6 Å². The Morgan fingerprint density at radius 2 is 1.60 bits per heavy atom. The number of aliphatic carboxylic acids is 1. The maximum atomic E-state index is 13.2. The fraction of sp³-hybridized carbons (Fsp3) is 0.464. The zero-order chi connectivity index (χ0) is 24.4. The number of hydrogen-bond acceptors (Lipinski definition) is 4. The fourth-order valence-electron chi connectivity index (χ4n) is 6.14. The van der Waals surface area contributed by atoms with Crippen LogP contribution in [0.5, 0.6) is 0 Å². The largest absolute Gasteiger partial charge is 0.480 e. The number of rotatable bonds is 6. The van der Waals surface area contributed by atoms with E-state index < -0.39 is 18.1 Å². The average Bonchev–Trinajstić information content (AvgIpc) is 3.48. The average molecular weight is 477 g/mol. The second kappa shape index (κ2) is 10.1. The number of fused-ring (bicyclic) bond motifs is 3. The van der Waals surface area contributed by atoms with Gasteiger partial charge in [0.2, 0.25) is 5.91 Å². The number of nitrogens with one attached hydrogen (secondary N) is 1. The Balaban J connectivity index is 1.17. The molecule has 7 heteroatoms. The summed E-state index contributed by atoms with van der Waals surface area (Å²) in [6.07, 6.45) is 4.18. The van der Waals surface area contributed by atoms with E-state index in [4.69, 9.17) is 4.74 Å². The number of alkyl carbamates (subject to hydrolysis) is 1. The van der Waals surface area contributed by atoms with Gasteiger partial charge in [-0.1, -0.05) is 55.0 Å². The highest BCUT2D eigenvalue weighted by Gasteiger charge is 2.40. The minimum Gasteiger partial charge on any atom is -0.480 e. The molecule has 2 fully saturated rings. The topological polar surface area (TPSA) is 95.9 Å². The van der Waals surface area contributed by atoms with Crippen molar-refractivity contribution in [1.82, 2.24) is 10.2 Å². The molecule has 1 saturated carbocycles. The van der Waals surface area contributed by atoms with Gasteiger partial charge in [-0.05, 0) is 60.3 Å². The Morgan fingerprint density at radius 3 is 2.29 bits per heavy atom. The first kappa shape index (κ1) is 23.4. The van der Waals surface area contributed by atoms with Gasteiger partial charge in [0, 0.05) is 24.9 Å². The molecule has 2 aliphatic carbocycles. The van der Waals surface area contributed by atoms with Crippen molar-refractivity contribution in [3.8, 4) is 11.1 Å². The molecule has 184 valence electrons. The molecular formula is C28H32N2O5. The van der Waals surface area contributed by atoms with Crippen LogP contribution in [0.4, 0.5) is 4.79 Å². The predicted molar refractivity (Wildman–Crippen MR) is 131 cm³/mol. The first-order valence-corrected chi connectivity index (χ1v) is 12.7. The minimum atomic E-state index is -0.927. The number of ether oxygens (including phenoxy) is 1. The zero-order valence-corrected chi connectivity index (χ0v) is 19.8. The maximum Gasteiger partial charge on any atom is 0.407 e. The van der Waals surface area contributed by atoms with E-state index in [1.807, 2.05) is 24.3 Å². The van der Waals surface area contributed by atoms with Gasteiger partial charge >= 0.3 is 12.1 Å². The number of amides is 2. The molecule has 0 bridgehead atoms. The quantitative estimate of drug-likeness (QED) is 0.644. The van der Waals surface area contributed by atoms with E-state index in [0.29, 0.717) is 19.5 Å². The molecule has 5 rings (SSSR count). The SMILES string of the molecule is O=C(NC[C@H]1CCC[C@H]1C(=O)N1CCCCC1C(=O)O)OCC1c2ccccc2-c2ccccc21. The van der Waals surface area contributed by atoms with Gasteiger partial charge in [-0.25, -0.2) is 9.59 Å². The van der Waals surface area contributed by atoms with Gasteiger partial charge in [0.05, 0.1) is 0 Å². The second-order valence-electron chi connectivity index (χ2n) is 9.89. The van der Waals surface area contributed by atoms with Gasteiger partial charge in [-0.2, -0.15) is 0 Å². The van der Waals surface area contributed by atoms with Gasteiger partial charge in [-0.3, -0.25) is 4.79 Å². The van der Waals surface area contributed by atoms with Crippen LogP contribution in [-0.4, -0.2) is 53.7 Å². The van der Waals surface area contributed by atoms with Crippen molar-refractivity contribution in [3.05, 3.63) is 59.7 Å². The van der Waals surface area contributed by atoms with Gasteiger partial charge in [-0.15, -0.1) is 0 Å². The summed E-state index contributed by atoms with van der Waals surface area (Å²) in [6.45, 7) is 1.11. The number of piperidine rings is 1. The van der Waals surface area contributed by atoms with Crippen molar-refractivity contribution in [2.24, 2.45) is 11.8 Å². The number of likely N-dealkylation sites (tertiary alicyclic amines) is 1. The lowest BCUT2D eigenvalue weighted by Gasteiger charge is -2.36. The van der Waals surface area contributed by atoms with Gasteiger partial charge in [0.15, 0.2) is 0 Å². The van der Waals surface area contributed by atoms with Crippen molar-refractivity contribution in [3.63, 3.8) is 0 Å². The normalized spacial score (nSPS) is 23.4. The number of carbonyl (C=O) groups is 3. The number of nitrogens with zero attached hydrogens (tertiary/aromatic N) is 1. The van der Waals surface area contributed by atoms with Crippen LogP contribution in [0.3, 0.4) is 0 Å². The van der Waals surface area contributed by atoms with E-state index in [1.165, 1.54) is 11.1 Å². The first-order valence-electron chi connectivity index (χ1n) is 12.7. The second-order valence-corrected chi connectivity index (χ2v) is 9.89. The summed E-state index contributed by atoms with van der Waals surface area (Å²) in [5, 5.41) is 12.4. The van der Waals surface area contributed by atoms with Gasteiger partial charge in [0.1, 0.15) is 12.6 Å². The van der Waals surface area contributed by atoms with E-state index in [0.717, 1.165) is 43.2 Å². The summed E-state index contributed by atoms with van der Waals surface area (Å²) in [5.74, 6) is -1.25. The van der Waals surface area contributed by atoms with Crippen molar-refractivity contribution in [1.29, 1.82) is 0 Å². The van der Waals surface area contributed by atoms with Crippen molar-refractivity contribution in [2.75, 3.05) is 19.7 Å². The van der Waals surface area contributed by atoms with E-state index >= 15 is 0 Å². The molecule has 1 saturated heterocycles. The number of hydrogen-bond donors (Lipinski definition) is 2. The molecule has 0 radical (unpaired) electrons. The summed E-state index contributed by atoms with van der Waals surface area (Å²) in [6, 6.07) is 15.7. The highest BCUT2D eigenvalue weighted by Crippen LogP contribution is 2.44. The lowest BCUT2D eigenvalue weighted by Crippen LogP contribution is -2.51. The van der Waals surface area contributed by atoms with Crippen LogP contribution < -0.4 is 5.32 Å². The Labute approximate surface area is 205 Å². The number of carboxylic acid groups (broad SMARTS) is 1. The van der Waals surface area contributed by atoms with Crippen molar-refractivity contribution < 1.29 is 24.2 Å². The molecular weight excluding hydrogens is 444 g/mol. The van der Waals surface area contributed by atoms with Crippen molar-refractivity contribution >= 4 is 18.0 Å². The summed E-state index contributed by atoms with van der Waals surface area (Å²) in [4.78, 5) is 39.0. The molecule has 1 unspecified atom stereocenters. The lowest BCUT2D eigenvalue weighted by atomic mass is 9.92. The Kier molecular flexibility index (Phi) is 6.75. The summed E-state index contributed by atoms with van der Waals surface area (Å²) in [7, 11) is 0. The van der Waals surface area contributed by atoms with Crippen LogP contribution in [0.2, 0.25) is 0 Å². The van der Waals surface area contributed by atoms with E-state index in [-0.39, 0.29) is 30.3 Å². The van der Waals surface area contributed by atoms with Crippen LogP contribution in [0.25, 0.3) is 11.1 Å². The van der Waals surface area contributed by atoms with Crippen LogP contribution >= 0.6 is 0 Å². The molecule has 2 amide bonds. The summed E-state index contributed by atoms with van der Waals surface area (Å²) < 4.78 is 5.64. The Bertz CT molecular complexity index is 1070. The molecule has 7 nitrogen and oxygen atoms in total. The predicted octanol–water partition coefficient (Wildman–Crippen LogP) is 4.41. The molecule has 3 aliphatic rings. The monoisotopic (exact) mass is 476 g/mol. The standard InChI is InChI=1S/C28H32N2O5/c31-26(30-15-6-5-14-25(30)27(32)33)19-13-7-8-18(19)16-29-28(34)35-17-24-22-11-3-1-9-20(22)21-10-2-4-12-23(21)24/h1-4,9-12,18-19,24-25H,5-8,13-17H2,(H,29,34)(H,32,33)/t18-,19-,25?/m1/s1. The van der Waals surface area contributed by atoms with E-state index in [2.05, 4.69) is 29.6 Å². The zero-order valence-electron chi connectivity index (χ0n) is 19.8. The number of benzene rings is 2. The van der Waals surface area contributed by atoms with E-state index in [9.17, 15) is 19.5 Å². The third-order valence-electron chi connectivity index (χ3n) is 7.90. The molecule has 3 atom stereocenters. The Morgan fingerprint density at radius 1 is 0.914 bits per heavy atom. The minimum absolute atomic E-state index is 0.000598. The highest BCUT2D eigenvalue weighted by molar-refractivity contribution is 5.86. The smallest absolute Gasteiger partial charge is 0.407 e. The summed E-state index contributed by atoms with van der Waals surface area (Å²) in [5.41, 5.74) is 4.69. The van der Waals surface area contributed by atoms with Crippen LogP contribution in [0, 0.1) is 11.8 Å². The molecule has 0 aromatic heterocycles. The number of carboxylic acids is 1. The molecule has 2 aromatic carbocycles. The Hall–Kier alpha value is -3.35. The molecule has 0 spiro atoms. The highest BCUT2D eigenvalue weighted by atomic mass is 16.5. The fourth-order valence-corrected chi connectivity index (χ4v) is 6.14. The van der Waals surface area contributed by atoms with Crippen LogP contribution in [0.15, 0.2) is 48.5 Å². The lowest BCUT2D eigenvalue weighted by molar-refractivity contribution is -0.154. The molecule has 1 heterocycles. The van der Waals surface area contributed by atoms with E-state index in [1.54, 1.807) is 4.90 Å². The third kappa shape index (κ3) is 4.64. The molecule has 1 aliphatic heterocycles. The van der Waals surface area contributed by atoms with Gasteiger partial charge in [0.25, 0.3) is 0 Å². The molecule has 2 N–H and O–H groups in total. The molecule has 2 aromatic rings.